The molecule has 210 valence electrons. The highest BCUT2D eigenvalue weighted by Crippen LogP contribution is 2.36. The van der Waals surface area contributed by atoms with Gasteiger partial charge in [-0.1, -0.05) is 24.3 Å². The summed E-state index contributed by atoms with van der Waals surface area (Å²) in [5.41, 5.74) is 3.80. The highest BCUT2D eigenvalue weighted by atomic mass is 19.1. The molecule has 2 aromatic carbocycles. The third-order valence-corrected chi connectivity index (χ3v) is 6.64. The SMILES string of the molecule is CC1=NC(c2ccncc2)C(c2ccc(F)cc2)C(=O)N1.Cc1nc(-c2ccncc2)c(-c2ccc(F)cc2)c(=O)[nH]1. The van der Waals surface area contributed by atoms with E-state index in [-0.39, 0.29) is 29.1 Å². The number of rotatable bonds is 4. The van der Waals surface area contributed by atoms with Crippen LogP contribution in [0.25, 0.3) is 22.4 Å². The number of pyridine rings is 2. The van der Waals surface area contributed by atoms with Crippen LogP contribution in [0.3, 0.4) is 0 Å². The zero-order chi connectivity index (χ0) is 29.6. The van der Waals surface area contributed by atoms with Gasteiger partial charge in [-0.2, -0.15) is 0 Å². The zero-order valence-electron chi connectivity index (χ0n) is 22.8. The zero-order valence-corrected chi connectivity index (χ0v) is 22.8. The molecule has 8 nitrogen and oxygen atoms in total. The molecule has 2 unspecified atom stereocenters. The first-order valence-corrected chi connectivity index (χ1v) is 13.1. The van der Waals surface area contributed by atoms with Crippen LogP contribution in [0.15, 0.2) is 107 Å². The summed E-state index contributed by atoms with van der Waals surface area (Å²) in [7, 11) is 0. The molecule has 5 aromatic rings. The van der Waals surface area contributed by atoms with Crippen LogP contribution in [-0.2, 0) is 4.79 Å². The van der Waals surface area contributed by atoms with Crippen LogP contribution >= 0.6 is 0 Å². The van der Waals surface area contributed by atoms with Gasteiger partial charge in [0.15, 0.2) is 0 Å². The third-order valence-electron chi connectivity index (χ3n) is 6.64. The maximum absolute atomic E-state index is 13.1. The molecule has 1 aliphatic rings. The van der Waals surface area contributed by atoms with Gasteiger partial charge in [-0.05, 0) is 79.1 Å². The van der Waals surface area contributed by atoms with Crippen molar-refractivity contribution in [1.82, 2.24) is 25.3 Å². The number of aliphatic imine (C=N–C) groups is 1. The molecule has 0 fully saturated rings. The number of hydrogen-bond donors (Lipinski definition) is 2. The Morgan fingerprint density at radius 1 is 0.690 bits per heavy atom. The molecular weight excluding hydrogens is 538 g/mol. The van der Waals surface area contributed by atoms with E-state index in [0.29, 0.717) is 28.5 Å². The molecule has 2 N–H and O–H groups in total. The molecular formula is C32H26F2N6O2. The van der Waals surface area contributed by atoms with Crippen LogP contribution in [0.4, 0.5) is 8.78 Å². The van der Waals surface area contributed by atoms with Crippen molar-refractivity contribution in [1.29, 1.82) is 0 Å². The van der Waals surface area contributed by atoms with Gasteiger partial charge < -0.3 is 10.3 Å². The van der Waals surface area contributed by atoms with Crippen molar-refractivity contribution in [3.8, 4) is 22.4 Å². The molecule has 4 heterocycles. The molecule has 0 bridgehead atoms. The molecule has 0 aliphatic carbocycles. The Morgan fingerprint density at radius 3 is 1.88 bits per heavy atom. The average Bonchev–Trinajstić information content (AvgIpc) is 2.99. The molecule has 6 rings (SSSR count). The molecule has 0 spiro atoms. The van der Waals surface area contributed by atoms with E-state index >= 15 is 0 Å². The molecule has 1 aliphatic heterocycles. The lowest BCUT2D eigenvalue weighted by Crippen LogP contribution is -2.40. The molecule has 10 heteroatoms. The first-order chi connectivity index (χ1) is 20.3. The Hall–Kier alpha value is -5.38. The number of nitrogens with zero attached hydrogens (tertiary/aromatic N) is 4. The van der Waals surface area contributed by atoms with Crippen molar-refractivity contribution in [3.05, 3.63) is 137 Å². The van der Waals surface area contributed by atoms with E-state index in [1.165, 1.54) is 24.3 Å². The number of amides is 1. The van der Waals surface area contributed by atoms with Gasteiger partial charge in [-0.15, -0.1) is 0 Å². The van der Waals surface area contributed by atoms with Gasteiger partial charge >= 0.3 is 0 Å². The minimum absolute atomic E-state index is 0.129. The highest BCUT2D eigenvalue weighted by Gasteiger charge is 2.34. The fourth-order valence-corrected chi connectivity index (χ4v) is 4.74. The number of carbonyl (C=O) groups excluding carboxylic acids is 1. The van der Waals surface area contributed by atoms with Crippen molar-refractivity contribution < 1.29 is 13.6 Å². The Morgan fingerprint density at radius 2 is 1.26 bits per heavy atom. The van der Waals surface area contributed by atoms with Gasteiger partial charge in [0, 0.05) is 30.4 Å². The number of aromatic nitrogens is 4. The van der Waals surface area contributed by atoms with Gasteiger partial charge in [-0.25, -0.2) is 13.8 Å². The topological polar surface area (TPSA) is 113 Å². The van der Waals surface area contributed by atoms with Crippen LogP contribution in [-0.4, -0.2) is 31.7 Å². The van der Waals surface area contributed by atoms with Gasteiger partial charge in [0.05, 0.1) is 23.2 Å². The Balaban J connectivity index is 0.000000168. The van der Waals surface area contributed by atoms with Crippen LogP contribution in [0.5, 0.6) is 0 Å². The minimum Gasteiger partial charge on any atom is -0.314 e. The van der Waals surface area contributed by atoms with Crippen LogP contribution in [0, 0.1) is 18.6 Å². The Labute approximate surface area is 240 Å². The van der Waals surface area contributed by atoms with Crippen LogP contribution in [0.1, 0.15) is 35.8 Å². The molecule has 1 amide bonds. The number of aryl methyl sites for hydroxylation is 1. The normalized spacial score (nSPS) is 16.1. The van der Waals surface area contributed by atoms with Crippen molar-refractivity contribution in [2.24, 2.45) is 4.99 Å². The Bertz CT molecular complexity index is 1780. The van der Waals surface area contributed by atoms with Gasteiger partial charge in [-0.3, -0.25) is 24.5 Å². The van der Waals surface area contributed by atoms with Crippen molar-refractivity contribution in [2.75, 3.05) is 0 Å². The lowest BCUT2D eigenvalue weighted by Gasteiger charge is -2.28. The summed E-state index contributed by atoms with van der Waals surface area (Å²) in [4.78, 5) is 44.3. The smallest absolute Gasteiger partial charge is 0.259 e. The van der Waals surface area contributed by atoms with E-state index in [1.807, 2.05) is 12.1 Å². The summed E-state index contributed by atoms with van der Waals surface area (Å²) in [5, 5.41) is 2.74. The number of benzene rings is 2. The molecule has 0 saturated carbocycles. The fourth-order valence-electron chi connectivity index (χ4n) is 4.74. The average molecular weight is 565 g/mol. The van der Waals surface area contributed by atoms with Gasteiger partial charge in [0.1, 0.15) is 23.3 Å². The first kappa shape index (κ1) is 28.2. The number of H-pyrrole nitrogens is 1. The summed E-state index contributed by atoms with van der Waals surface area (Å²) in [6.07, 6.45) is 6.63. The standard InChI is InChI=1S/C16H14FN3O.C16H12FN3O/c2*1-10-19-15(12-6-8-18-9-7-12)14(16(21)20-10)11-2-4-13(17)5-3-11/h2-9,14-15H,1H3,(H,19,20,21);2-9H,1H3,(H,19,20,21). The second kappa shape index (κ2) is 12.4. The summed E-state index contributed by atoms with van der Waals surface area (Å²) < 4.78 is 26.2. The number of hydrogen-bond acceptors (Lipinski definition) is 6. The maximum atomic E-state index is 13.1. The number of halogens is 2. The fraction of sp³-hybridized carbons (Fsp3) is 0.125. The lowest BCUT2D eigenvalue weighted by atomic mass is 9.86. The predicted octanol–water partition coefficient (Wildman–Crippen LogP) is 5.54. The molecule has 0 saturated heterocycles. The van der Waals surface area contributed by atoms with E-state index in [0.717, 1.165) is 16.7 Å². The van der Waals surface area contributed by atoms with E-state index < -0.39 is 5.92 Å². The summed E-state index contributed by atoms with van der Waals surface area (Å²) >= 11 is 0. The molecule has 42 heavy (non-hydrogen) atoms. The second-order valence-electron chi connectivity index (χ2n) is 9.58. The van der Waals surface area contributed by atoms with E-state index in [2.05, 4.69) is 30.2 Å². The van der Waals surface area contributed by atoms with E-state index in [1.54, 1.807) is 75.0 Å². The van der Waals surface area contributed by atoms with E-state index in [4.69, 9.17) is 0 Å². The predicted molar refractivity (Wildman–Crippen MR) is 156 cm³/mol. The minimum atomic E-state index is -0.475. The third kappa shape index (κ3) is 6.33. The van der Waals surface area contributed by atoms with Crippen molar-refractivity contribution in [2.45, 2.75) is 25.8 Å². The molecule has 3 aromatic heterocycles. The van der Waals surface area contributed by atoms with Crippen molar-refractivity contribution >= 4 is 11.7 Å². The largest absolute Gasteiger partial charge is 0.314 e. The number of nitrogens with one attached hydrogen (secondary N) is 2. The quantitative estimate of drug-likeness (QED) is 0.298. The number of aromatic amines is 1. The monoisotopic (exact) mass is 564 g/mol. The lowest BCUT2D eigenvalue weighted by molar-refractivity contribution is -0.122. The first-order valence-electron chi connectivity index (χ1n) is 13.1. The van der Waals surface area contributed by atoms with Crippen LogP contribution in [0.2, 0.25) is 0 Å². The maximum Gasteiger partial charge on any atom is 0.259 e. The number of amidine groups is 1. The van der Waals surface area contributed by atoms with Gasteiger partial charge in [0.25, 0.3) is 5.56 Å². The molecule has 2 atom stereocenters. The summed E-state index contributed by atoms with van der Waals surface area (Å²) in [6, 6.07) is 18.7. The summed E-state index contributed by atoms with van der Waals surface area (Å²) in [6.45, 7) is 3.48. The molecule has 0 radical (unpaired) electrons. The Kier molecular flexibility index (Phi) is 8.33. The highest BCUT2D eigenvalue weighted by molar-refractivity contribution is 6.02. The summed E-state index contributed by atoms with van der Waals surface area (Å²) in [5.74, 6) is -0.165. The van der Waals surface area contributed by atoms with Crippen LogP contribution < -0.4 is 10.9 Å². The number of carbonyl (C=O) groups is 1. The second-order valence-corrected chi connectivity index (χ2v) is 9.58. The van der Waals surface area contributed by atoms with E-state index in [9.17, 15) is 18.4 Å². The van der Waals surface area contributed by atoms with Crippen molar-refractivity contribution in [3.63, 3.8) is 0 Å². The van der Waals surface area contributed by atoms with Gasteiger partial charge in [0.2, 0.25) is 5.91 Å².